The Morgan fingerprint density at radius 1 is 1.25 bits per heavy atom. The van der Waals surface area contributed by atoms with Gasteiger partial charge in [-0.3, -0.25) is 4.79 Å². The highest BCUT2D eigenvalue weighted by molar-refractivity contribution is 5.96. The molecule has 1 saturated heterocycles. The van der Waals surface area contributed by atoms with Crippen LogP contribution in [0.15, 0.2) is 36.5 Å². The van der Waals surface area contributed by atoms with E-state index in [1.807, 2.05) is 32.0 Å². The first-order valence-corrected chi connectivity index (χ1v) is 9.31. The number of likely N-dealkylation sites (tertiary alicyclic amines) is 1. The molecule has 2 aromatic rings. The summed E-state index contributed by atoms with van der Waals surface area (Å²) < 4.78 is 5.97. The number of aromatic nitrogens is 1. The van der Waals surface area contributed by atoms with E-state index in [4.69, 9.17) is 4.74 Å². The Morgan fingerprint density at radius 2 is 2.04 bits per heavy atom. The molecule has 7 nitrogen and oxygen atoms in total. The number of benzene rings is 1. The third-order valence-electron chi connectivity index (χ3n) is 4.74. The number of pyridine rings is 1. The molecule has 1 atom stereocenters. The van der Waals surface area contributed by atoms with E-state index in [0.717, 1.165) is 16.8 Å². The maximum absolute atomic E-state index is 12.6. The maximum Gasteiger partial charge on any atom is 0.321 e. The van der Waals surface area contributed by atoms with E-state index in [-0.39, 0.29) is 18.0 Å². The number of hydrogen-bond donors (Lipinski definition) is 1. The van der Waals surface area contributed by atoms with E-state index < -0.39 is 0 Å². The summed E-state index contributed by atoms with van der Waals surface area (Å²) in [6.07, 6.45) is 2.09. The Bertz CT molecular complexity index is 882. The lowest BCUT2D eigenvalue weighted by Crippen LogP contribution is -2.35. The molecular weight excluding hydrogens is 356 g/mol. The molecule has 148 valence electrons. The van der Waals surface area contributed by atoms with Gasteiger partial charge in [-0.1, -0.05) is 17.7 Å². The molecule has 1 fully saturated rings. The van der Waals surface area contributed by atoms with Crippen molar-refractivity contribution in [1.82, 2.24) is 14.8 Å². The Balaban J connectivity index is 1.63. The highest BCUT2D eigenvalue weighted by Crippen LogP contribution is 2.22. The summed E-state index contributed by atoms with van der Waals surface area (Å²) >= 11 is 0. The van der Waals surface area contributed by atoms with Gasteiger partial charge in [0.25, 0.3) is 5.91 Å². The SMILES string of the molecule is Cc1ccc(NC(=O)N2CCC(Oc3ncccc3C(=O)N(C)C)C2)c(C)c1. The van der Waals surface area contributed by atoms with Crippen molar-refractivity contribution in [3.8, 4) is 5.88 Å². The average Bonchev–Trinajstić information content (AvgIpc) is 3.12. The highest BCUT2D eigenvalue weighted by Gasteiger charge is 2.29. The predicted molar refractivity (Wildman–Crippen MR) is 108 cm³/mol. The second kappa shape index (κ2) is 8.29. The zero-order valence-corrected chi connectivity index (χ0v) is 16.7. The van der Waals surface area contributed by atoms with E-state index in [0.29, 0.717) is 31.0 Å². The molecule has 1 aromatic carbocycles. The van der Waals surface area contributed by atoms with Crippen LogP contribution >= 0.6 is 0 Å². The second-order valence-electron chi connectivity index (χ2n) is 7.28. The Kier molecular flexibility index (Phi) is 5.82. The average molecular weight is 382 g/mol. The molecule has 0 radical (unpaired) electrons. The number of urea groups is 1. The van der Waals surface area contributed by atoms with Crippen molar-refractivity contribution < 1.29 is 14.3 Å². The lowest BCUT2D eigenvalue weighted by Gasteiger charge is -2.19. The fourth-order valence-corrected chi connectivity index (χ4v) is 3.20. The first kappa shape index (κ1) is 19.7. The zero-order chi connectivity index (χ0) is 20.3. The molecule has 1 unspecified atom stereocenters. The Labute approximate surface area is 165 Å². The van der Waals surface area contributed by atoms with Gasteiger partial charge in [0.2, 0.25) is 5.88 Å². The van der Waals surface area contributed by atoms with Crippen LogP contribution in [0.3, 0.4) is 0 Å². The van der Waals surface area contributed by atoms with Gasteiger partial charge in [-0.25, -0.2) is 9.78 Å². The summed E-state index contributed by atoms with van der Waals surface area (Å²) in [4.78, 5) is 32.3. The van der Waals surface area contributed by atoms with E-state index in [1.165, 1.54) is 4.90 Å². The predicted octanol–water partition coefficient (Wildman–Crippen LogP) is 3.09. The van der Waals surface area contributed by atoms with Crippen molar-refractivity contribution in [3.63, 3.8) is 0 Å². The number of ether oxygens (including phenoxy) is 1. The van der Waals surface area contributed by atoms with Crippen LogP contribution in [0.5, 0.6) is 5.88 Å². The van der Waals surface area contributed by atoms with Crippen molar-refractivity contribution in [1.29, 1.82) is 0 Å². The van der Waals surface area contributed by atoms with Gasteiger partial charge >= 0.3 is 6.03 Å². The van der Waals surface area contributed by atoms with Gasteiger partial charge in [-0.05, 0) is 37.6 Å². The van der Waals surface area contributed by atoms with E-state index >= 15 is 0 Å². The number of nitrogens with one attached hydrogen (secondary N) is 1. The molecule has 0 bridgehead atoms. The maximum atomic E-state index is 12.6. The number of carbonyl (C=O) groups excluding carboxylic acids is 2. The zero-order valence-electron chi connectivity index (χ0n) is 16.7. The van der Waals surface area contributed by atoms with Crippen LogP contribution < -0.4 is 10.1 Å². The molecule has 1 aliphatic rings. The molecule has 1 aromatic heterocycles. The minimum atomic E-state index is -0.200. The van der Waals surface area contributed by atoms with Gasteiger partial charge < -0.3 is 19.9 Å². The fourth-order valence-electron chi connectivity index (χ4n) is 3.20. The Hall–Kier alpha value is -3.09. The molecule has 3 rings (SSSR count). The van der Waals surface area contributed by atoms with Crippen molar-refractivity contribution in [2.75, 3.05) is 32.5 Å². The molecule has 0 saturated carbocycles. The summed E-state index contributed by atoms with van der Waals surface area (Å²) in [7, 11) is 3.38. The minimum Gasteiger partial charge on any atom is -0.472 e. The number of nitrogens with zero attached hydrogens (tertiary/aromatic N) is 3. The molecule has 2 heterocycles. The van der Waals surface area contributed by atoms with E-state index in [9.17, 15) is 9.59 Å². The third-order valence-corrected chi connectivity index (χ3v) is 4.74. The molecule has 7 heteroatoms. The normalized spacial score (nSPS) is 16.0. The highest BCUT2D eigenvalue weighted by atomic mass is 16.5. The molecule has 1 N–H and O–H groups in total. The van der Waals surface area contributed by atoms with Crippen molar-refractivity contribution in [2.45, 2.75) is 26.4 Å². The molecule has 28 heavy (non-hydrogen) atoms. The second-order valence-corrected chi connectivity index (χ2v) is 7.28. The number of anilines is 1. The van der Waals surface area contributed by atoms with Gasteiger partial charge in [0, 0.05) is 38.9 Å². The standard InChI is InChI=1S/C21H26N4O3/c1-14-7-8-18(15(2)12-14)23-21(27)25-11-9-16(13-25)28-19-17(6-5-10-22-19)20(26)24(3)4/h5-8,10,12,16H,9,11,13H2,1-4H3,(H,23,27). The molecule has 3 amide bonds. The van der Waals surface area contributed by atoms with Crippen LogP contribution in [0.1, 0.15) is 27.9 Å². The quantitative estimate of drug-likeness (QED) is 0.882. The third kappa shape index (κ3) is 4.42. The van der Waals surface area contributed by atoms with Crippen LogP contribution in [0.2, 0.25) is 0 Å². The van der Waals surface area contributed by atoms with Crippen LogP contribution in [0.25, 0.3) is 0 Å². The summed E-state index contributed by atoms with van der Waals surface area (Å²) in [5, 5.41) is 2.96. The van der Waals surface area contributed by atoms with Crippen LogP contribution in [-0.2, 0) is 0 Å². The molecule has 0 aliphatic carbocycles. The van der Waals surface area contributed by atoms with E-state index in [1.54, 1.807) is 37.3 Å². The van der Waals surface area contributed by atoms with Crippen LogP contribution in [0.4, 0.5) is 10.5 Å². The number of hydrogen-bond acceptors (Lipinski definition) is 4. The summed E-state index contributed by atoms with van der Waals surface area (Å²) in [5.74, 6) is 0.147. The summed E-state index contributed by atoms with van der Waals surface area (Å²) in [6, 6.07) is 9.19. The Morgan fingerprint density at radius 3 is 2.75 bits per heavy atom. The van der Waals surface area contributed by atoms with Gasteiger partial charge in [-0.2, -0.15) is 0 Å². The molecule has 0 spiro atoms. The van der Waals surface area contributed by atoms with E-state index in [2.05, 4.69) is 10.3 Å². The summed E-state index contributed by atoms with van der Waals surface area (Å²) in [6.45, 7) is 5.03. The smallest absolute Gasteiger partial charge is 0.321 e. The first-order chi connectivity index (χ1) is 13.3. The van der Waals surface area contributed by atoms with Crippen LogP contribution in [-0.4, -0.2) is 60.0 Å². The summed E-state index contributed by atoms with van der Waals surface area (Å²) in [5.41, 5.74) is 3.42. The largest absolute Gasteiger partial charge is 0.472 e. The number of aryl methyl sites for hydroxylation is 2. The van der Waals surface area contributed by atoms with Gasteiger partial charge in [0.05, 0.1) is 6.54 Å². The van der Waals surface area contributed by atoms with Gasteiger partial charge in [0.15, 0.2) is 0 Å². The van der Waals surface area contributed by atoms with Gasteiger partial charge in [0.1, 0.15) is 11.7 Å². The van der Waals surface area contributed by atoms with Crippen LogP contribution in [0, 0.1) is 13.8 Å². The number of carbonyl (C=O) groups is 2. The molecular formula is C21H26N4O3. The minimum absolute atomic E-state index is 0.149. The monoisotopic (exact) mass is 382 g/mol. The van der Waals surface area contributed by atoms with Crippen molar-refractivity contribution in [3.05, 3.63) is 53.2 Å². The van der Waals surface area contributed by atoms with Crippen molar-refractivity contribution in [2.24, 2.45) is 0 Å². The first-order valence-electron chi connectivity index (χ1n) is 9.31. The van der Waals surface area contributed by atoms with Gasteiger partial charge in [-0.15, -0.1) is 0 Å². The molecule has 1 aliphatic heterocycles. The van der Waals surface area contributed by atoms with Crippen molar-refractivity contribution >= 4 is 17.6 Å². The lowest BCUT2D eigenvalue weighted by atomic mass is 10.1. The number of rotatable bonds is 4. The lowest BCUT2D eigenvalue weighted by molar-refractivity contribution is 0.0818. The number of amides is 3. The fraction of sp³-hybridized carbons (Fsp3) is 0.381. The topological polar surface area (TPSA) is 74.8 Å².